The molecule has 7 nitrogen and oxygen atoms in total. The maximum absolute atomic E-state index is 12.5. The van der Waals surface area contributed by atoms with Crippen LogP contribution in [0.5, 0.6) is 0 Å². The molecular formula is C20H17N5O2S. The number of benzene rings is 2. The third-order valence-electron chi connectivity index (χ3n) is 4.10. The van der Waals surface area contributed by atoms with Gasteiger partial charge in [-0.1, -0.05) is 47.7 Å². The highest BCUT2D eigenvalue weighted by Crippen LogP contribution is 2.23. The number of carbonyl (C=O) groups is 1. The van der Waals surface area contributed by atoms with Gasteiger partial charge in [-0.2, -0.15) is 0 Å². The molecule has 8 heteroatoms. The van der Waals surface area contributed by atoms with E-state index in [1.54, 1.807) is 0 Å². The second-order valence-electron chi connectivity index (χ2n) is 6.19. The molecule has 0 saturated heterocycles. The number of aromatic nitrogens is 5. The number of aryl methyl sites for hydroxylation is 2. The second kappa shape index (κ2) is 7.77. The summed E-state index contributed by atoms with van der Waals surface area (Å²) in [5.41, 5.74) is 2.90. The van der Waals surface area contributed by atoms with Crippen molar-refractivity contribution in [2.45, 2.75) is 19.0 Å². The standard InChI is InChI=1S/C20H17N5O2S/c1-13-8-10-16(11-9-13)25-14(2)21-24-20(25)28-12-17(26)19-23-22-18(27-19)15-6-4-3-5-7-15/h3-11H,12H2,1-2H3. The van der Waals surface area contributed by atoms with E-state index in [1.165, 1.54) is 17.3 Å². The Morgan fingerprint density at radius 3 is 2.46 bits per heavy atom. The minimum absolute atomic E-state index is 0.00974. The van der Waals surface area contributed by atoms with Crippen molar-refractivity contribution >= 4 is 17.5 Å². The Balaban J connectivity index is 1.49. The van der Waals surface area contributed by atoms with Gasteiger partial charge in [0, 0.05) is 11.3 Å². The Labute approximate surface area is 165 Å². The first-order valence-electron chi connectivity index (χ1n) is 8.66. The largest absolute Gasteiger partial charge is 0.414 e. The molecule has 0 aliphatic heterocycles. The first kappa shape index (κ1) is 18.1. The fourth-order valence-corrected chi connectivity index (χ4v) is 3.50. The lowest BCUT2D eigenvalue weighted by atomic mass is 10.2. The third-order valence-corrected chi connectivity index (χ3v) is 5.03. The molecule has 0 unspecified atom stereocenters. The summed E-state index contributed by atoms with van der Waals surface area (Å²) in [6.07, 6.45) is 0. The van der Waals surface area contributed by atoms with Gasteiger partial charge in [0.05, 0.1) is 5.75 Å². The van der Waals surface area contributed by atoms with Gasteiger partial charge in [0.2, 0.25) is 11.7 Å². The number of rotatable bonds is 6. The Hall–Kier alpha value is -3.26. The van der Waals surface area contributed by atoms with Crippen molar-refractivity contribution in [3.05, 3.63) is 71.9 Å². The van der Waals surface area contributed by atoms with Crippen molar-refractivity contribution in [2.75, 3.05) is 5.75 Å². The number of ketones is 1. The van der Waals surface area contributed by atoms with Crippen LogP contribution >= 0.6 is 11.8 Å². The summed E-state index contributed by atoms with van der Waals surface area (Å²) >= 11 is 1.29. The van der Waals surface area contributed by atoms with Gasteiger partial charge in [0.25, 0.3) is 5.89 Å². The monoisotopic (exact) mass is 391 g/mol. The Morgan fingerprint density at radius 1 is 0.964 bits per heavy atom. The maximum Gasteiger partial charge on any atom is 0.285 e. The van der Waals surface area contributed by atoms with Gasteiger partial charge in [-0.3, -0.25) is 9.36 Å². The number of carbonyl (C=O) groups excluding carboxylic acids is 1. The van der Waals surface area contributed by atoms with Crippen LogP contribution in [-0.4, -0.2) is 36.5 Å². The number of hydrogen-bond donors (Lipinski definition) is 0. The zero-order valence-electron chi connectivity index (χ0n) is 15.4. The molecular weight excluding hydrogens is 374 g/mol. The fourth-order valence-electron chi connectivity index (χ4n) is 2.65. The van der Waals surface area contributed by atoms with Gasteiger partial charge in [-0.15, -0.1) is 20.4 Å². The molecule has 0 amide bonds. The average Bonchev–Trinajstić information content (AvgIpc) is 3.35. The lowest BCUT2D eigenvalue weighted by Crippen LogP contribution is -2.05. The lowest BCUT2D eigenvalue weighted by Gasteiger charge is -2.08. The first-order chi connectivity index (χ1) is 13.6. The SMILES string of the molecule is Cc1ccc(-n2c(C)nnc2SCC(=O)c2nnc(-c3ccccc3)o2)cc1. The maximum atomic E-state index is 12.5. The van der Waals surface area contributed by atoms with Gasteiger partial charge in [-0.25, -0.2) is 0 Å². The Bertz CT molecular complexity index is 1100. The third kappa shape index (κ3) is 3.72. The van der Waals surface area contributed by atoms with E-state index in [0.717, 1.165) is 17.1 Å². The summed E-state index contributed by atoms with van der Waals surface area (Å²) in [6, 6.07) is 17.4. The van der Waals surface area contributed by atoms with Gasteiger partial charge >= 0.3 is 0 Å². The van der Waals surface area contributed by atoms with E-state index >= 15 is 0 Å². The van der Waals surface area contributed by atoms with Crippen LogP contribution < -0.4 is 0 Å². The predicted molar refractivity (Wildman–Crippen MR) is 106 cm³/mol. The summed E-state index contributed by atoms with van der Waals surface area (Å²) in [6.45, 7) is 3.91. The molecule has 2 aromatic carbocycles. The van der Waals surface area contributed by atoms with E-state index < -0.39 is 0 Å². The summed E-state index contributed by atoms with van der Waals surface area (Å²) < 4.78 is 7.44. The minimum atomic E-state index is -0.254. The van der Waals surface area contributed by atoms with Gasteiger partial charge in [-0.05, 0) is 38.1 Å². The van der Waals surface area contributed by atoms with Crippen molar-refractivity contribution in [3.63, 3.8) is 0 Å². The minimum Gasteiger partial charge on any atom is -0.414 e. The molecule has 4 rings (SSSR count). The summed E-state index contributed by atoms with van der Waals surface area (Å²) in [7, 11) is 0. The molecule has 0 N–H and O–H groups in total. The van der Waals surface area contributed by atoms with Crippen molar-refractivity contribution in [2.24, 2.45) is 0 Å². The van der Waals surface area contributed by atoms with E-state index in [9.17, 15) is 4.79 Å². The lowest BCUT2D eigenvalue weighted by molar-refractivity contribution is 0.0986. The highest BCUT2D eigenvalue weighted by Gasteiger charge is 2.19. The van der Waals surface area contributed by atoms with Crippen LogP contribution in [0, 0.1) is 13.8 Å². The van der Waals surface area contributed by atoms with Crippen LogP contribution in [0.1, 0.15) is 22.1 Å². The summed E-state index contributed by atoms with van der Waals surface area (Å²) in [5, 5.41) is 16.8. The summed E-state index contributed by atoms with van der Waals surface area (Å²) in [4.78, 5) is 12.5. The number of Topliss-reactive ketones (excluding diaryl/α,β-unsaturated/α-hetero) is 1. The molecule has 2 heterocycles. The molecule has 28 heavy (non-hydrogen) atoms. The van der Waals surface area contributed by atoms with E-state index in [2.05, 4.69) is 20.4 Å². The average molecular weight is 391 g/mol. The highest BCUT2D eigenvalue weighted by atomic mass is 32.2. The molecule has 0 fully saturated rings. The first-order valence-corrected chi connectivity index (χ1v) is 9.64. The molecule has 0 spiro atoms. The molecule has 2 aromatic heterocycles. The van der Waals surface area contributed by atoms with E-state index in [0.29, 0.717) is 11.0 Å². The van der Waals surface area contributed by atoms with Gasteiger partial charge in [0.1, 0.15) is 5.82 Å². The summed E-state index contributed by atoms with van der Waals surface area (Å²) in [5.74, 6) is 0.941. The van der Waals surface area contributed by atoms with Crippen LogP contribution in [0.3, 0.4) is 0 Å². The zero-order chi connectivity index (χ0) is 19.5. The highest BCUT2D eigenvalue weighted by molar-refractivity contribution is 7.99. The molecule has 0 aliphatic carbocycles. The fraction of sp³-hybridized carbons (Fsp3) is 0.150. The second-order valence-corrected chi connectivity index (χ2v) is 7.13. The van der Waals surface area contributed by atoms with E-state index in [4.69, 9.17) is 4.42 Å². The normalized spacial score (nSPS) is 10.9. The zero-order valence-corrected chi connectivity index (χ0v) is 16.2. The number of nitrogens with zero attached hydrogens (tertiary/aromatic N) is 5. The van der Waals surface area contributed by atoms with Crippen LogP contribution in [0.15, 0.2) is 64.2 Å². The quantitative estimate of drug-likeness (QED) is 0.364. The van der Waals surface area contributed by atoms with E-state index in [1.807, 2.05) is 73.0 Å². The van der Waals surface area contributed by atoms with Crippen LogP contribution in [0.25, 0.3) is 17.1 Å². The molecule has 0 atom stereocenters. The van der Waals surface area contributed by atoms with Crippen LogP contribution in [0.2, 0.25) is 0 Å². The molecule has 0 aliphatic rings. The molecule has 0 saturated carbocycles. The number of thioether (sulfide) groups is 1. The molecule has 0 bridgehead atoms. The molecule has 0 radical (unpaired) electrons. The Morgan fingerprint density at radius 2 is 1.71 bits per heavy atom. The van der Waals surface area contributed by atoms with Crippen LogP contribution in [0.4, 0.5) is 0 Å². The van der Waals surface area contributed by atoms with Crippen molar-refractivity contribution < 1.29 is 9.21 Å². The van der Waals surface area contributed by atoms with Crippen LogP contribution in [-0.2, 0) is 0 Å². The van der Waals surface area contributed by atoms with Gasteiger partial charge < -0.3 is 4.42 Å². The topological polar surface area (TPSA) is 86.7 Å². The van der Waals surface area contributed by atoms with E-state index in [-0.39, 0.29) is 17.4 Å². The molecule has 140 valence electrons. The van der Waals surface area contributed by atoms with Crippen molar-refractivity contribution in [1.82, 2.24) is 25.0 Å². The van der Waals surface area contributed by atoms with Crippen molar-refractivity contribution in [1.29, 1.82) is 0 Å². The van der Waals surface area contributed by atoms with Gasteiger partial charge in [0.15, 0.2) is 5.16 Å². The predicted octanol–water partition coefficient (Wildman–Crippen LogP) is 3.91. The number of hydrogen-bond acceptors (Lipinski definition) is 7. The molecule has 4 aromatic rings. The Kier molecular flexibility index (Phi) is 5.03. The smallest absolute Gasteiger partial charge is 0.285 e. The van der Waals surface area contributed by atoms with Crippen molar-refractivity contribution in [3.8, 4) is 17.1 Å².